The van der Waals surface area contributed by atoms with E-state index in [1.54, 1.807) is 0 Å². The van der Waals surface area contributed by atoms with Crippen molar-refractivity contribution in [2.75, 3.05) is 0 Å². The minimum Gasteiger partial charge on any atom is -0.309 e. The molecule has 63 heavy (non-hydrogen) atoms. The Bertz CT molecular complexity index is 3450. The number of benzene rings is 8. The Morgan fingerprint density at radius 2 is 0.730 bits per heavy atom. The molecule has 0 aliphatic heterocycles. The fourth-order valence-electron chi connectivity index (χ4n) is 9.97. The van der Waals surface area contributed by atoms with Gasteiger partial charge in [0.05, 0.1) is 27.6 Å². The first-order valence-electron chi connectivity index (χ1n) is 21.4. The second-order valence-corrected chi connectivity index (χ2v) is 16.3. The van der Waals surface area contributed by atoms with Crippen LogP contribution in [-0.4, -0.2) is 24.1 Å². The van der Waals surface area contributed by atoms with E-state index in [9.17, 15) is 0 Å². The highest BCUT2D eigenvalue weighted by molar-refractivity contribution is 6.10. The quantitative estimate of drug-likeness (QED) is 0.157. The molecule has 6 nitrogen and oxygen atoms in total. The zero-order valence-electron chi connectivity index (χ0n) is 34.0. The van der Waals surface area contributed by atoms with E-state index in [-0.39, 0.29) is 6.04 Å². The van der Waals surface area contributed by atoms with Gasteiger partial charge in [-0.05, 0) is 65.7 Å². The van der Waals surface area contributed by atoms with Crippen molar-refractivity contribution in [3.05, 3.63) is 230 Å². The van der Waals surface area contributed by atoms with E-state index >= 15 is 0 Å². The van der Waals surface area contributed by atoms with Gasteiger partial charge in [0.1, 0.15) is 0 Å². The van der Waals surface area contributed by atoms with E-state index < -0.39 is 0 Å². The topological polar surface area (TPSA) is 52.4 Å². The Labute approximate surface area is 363 Å². The summed E-state index contributed by atoms with van der Waals surface area (Å²) >= 11 is 0. The third-order valence-corrected chi connectivity index (χ3v) is 12.7. The summed E-state index contributed by atoms with van der Waals surface area (Å²) in [6.45, 7) is 0. The number of hydrogen-bond acceptors (Lipinski definition) is 3. The summed E-state index contributed by atoms with van der Waals surface area (Å²) in [5, 5.41) is 4.88. The van der Waals surface area contributed by atoms with Crippen molar-refractivity contribution in [1.29, 1.82) is 0 Å². The van der Waals surface area contributed by atoms with Crippen molar-refractivity contribution in [1.82, 2.24) is 24.1 Å². The maximum atomic E-state index is 5.31. The molecule has 294 valence electrons. The van der Waals surface area contributed by atoms with Crippen molar-refractivity contribution in [2.45, 2.75) is 6.04 Å². The van der Waals surface area contributed by atoms with E-state index in [0.29, 0.717) is 17.5 Å². The molecular weight excluding hydrogens is 769 g/mol. The predicted molar refractivity (Wildman–Crippen MR) is 254 cm³/mol. The van der Waals surface area contributed by atoms with Gasteiger partial charge in [0.2, 0.25) is 6.04 Å². The Morgan fingerprint density at radius 1 is 0.349 bits per heavy atom. The lowest BCUT2D eigenvalue weighted by molar-refractivity contribution is -0.703. The lowest BCUT2D eigenvalue weighted by Gasteiger charge is -2.13. The van der Waals surface area contributed by atoms with Crippen molar-refractivity contribution in [3.63, 3.8) is 0 Å². The van der Waals surface area contributed by atoms with Crippen molar-refractivity contribution in [3.8, 4) is 56.7 Å². The third kappa shape index (κ3) is 5.58. The van der Waals surface area contributed by atoms with Crippen LogP contribution >= 0.6 is 0 Å². The van der Waals surface area contributed by atoms with E-state index in [2.05, 4.69) is 232 Å². The van der Waals surface area contributed by atoms with E-state index in [4.69, 9.17) is 15.0 Å². The Morgan fingerprint density at radius 3 is 1.19 bits per heavy atom. The first kappa shape index (κ1) is 35.3. The molecule has 1 aliphatic carbocycles. The average molecular weight is 806 g/mol. The highest BCUT2D eigenvalue weighted by atomic mass is 15.1. The molecule has 6 heteroatoms. The summed E-state index contributed by atoms with van der Waals surface area (Å²) in [4.78, 5) is 15.9. The van der Waals surface area contributed by atoms with Crippen molar-refractivity contribution >= 4 is 43.6 Å². The molecule has 0 spiro atoms. The van der Waals surface area contributed by atoms with Gasteiger partial charge in [-0.3, -0.25) is 0 Å². The highest BCUT2D eigenvalue weighted by Gasteiger charge is 2.35. The monoisotopic (exact) mass is 805 g/mol. The third-order valence-electron chi connectivity index (χ3n) is 12.7. The van der Waals surface area contributed by atoms with Crippen LogP contribution in [0.15, 0.2) is 219 Å². The van der Waals surface area contributed by atoms with Gasteiger partial charge in [-0.25, -0.2) is 15.0 Å². The summed E-state index contributed by atoms with van der Waals surface area (Å²) < 4.78 is 6.97. The smallest absolute Gasteiger partial charge is 0.210 e. The lowest BCUT2D eigenvalue weighted by atomic mass is 10.0. The fraction of sp³-hybridized carbons (Fsp3) is 0.0175. The number of fused-ring (bicyclic) bond motifs is 9. The van der Waals surface area contributed by atoms with Crippen molar-refractivity contribution in [2.24, 2.45) is 0 Å². The summed E-state index contributed by atoms with van der Waals surface area (Å²) in [5.41, 5.74) is 14.5. The molecule has 4 aromatic heterocycles. The summed E-state index contributed by atoms with van der Waals surface area (Å²) in [6, 6.07) is 73.2. The van der Waals surface area contributed by atoms with Gasteiger partial charge in [-0.15, -0.1) is 0 Å². The predicted octanol–water partition coefficient (Wildman–Crippen LogP) is 13.0. The molecule has 0 N–H and O–H groups in total. The molecule has 12 aromatic rings. The first-order valence-corrected chi connectivity index (χ1v) is 21.4. The van der Waals surface area contributed by atoms with Crippen LogP contribution in [0.25, 0.3) is 100 Å². The van der Waals surface area contributed by atoms with Gasteiger partial charge in [-0.1, -0.05) is 146 Å². The van der Waals surface area contributed by atoms with Crippen LogP contribution in [0.5, 0.6) is 0 Å². The number of aromatic nitrogens is 6. The van der Waals surface area contributed by atoms with E-state index in [0.717, 1.165) is 50.1 Å². The molecule has 0 radical (unpaired) electrons. The van der Waals surface area contributed by atoms with E-state index in [1.165, 1.54) is 43.8 Å². The van der Waals surface area contributed by atoms with Crippen molar-refractivity contribution < 1.29 is 4.57 Å². The Balaban J connectivity index is 0.999. The average Bonchev–Trinajstić information content (AvgIpc) is 4.00. The van der Waals surface area contributed by atoms with Crippen LogP contribution < -0.4 is 4.57 Å². The van der Waals surface area contributed by atoms with Crippen LogP contribution in [0.2, 0.25) is 0 Å². The second-order valence-electron chi connectivity index (χ2n) is 16.3. The molecule has 0 amide bonds. The van der Waals surface area contributed by atoms with Crippen LogP contribution in [0.3, 0.4) is 0 Å². The number of pyridine rings is 1. The molecule has 0 atom stereocenters. The highest BCUT2D eigenvalue weighted by Crippen LogP contribution is 2.43. The molecular formula is C57H37N6+. The Kier molecular flexibility index (Phi) is 7.87. The largest absolute Gasteiger partial charge is 0.309 e. The summed E-state index contributed by atoms with van der Waals surface area (Å²) in [6.07, 6.45) is 4.34. The fourth-order valence-corrected chi connectivity index (χ4v) is 9.97. The van der Waals surface area contributed by atoms with Crippen LogP contribution in [0, 0.1) is 0 Å². The number of para-hydroxylation sites is 4. The standard InChI is InChI=1S/C57H37N6/c1-3-27-48-42(21-1)43-22-2-4-28-49(43)54(48)61-33-15-18-39(36-61)57-59-55(37-16-13-19-40(34-37)62-50-29-9-5-23-44(50)45-24-6-10-30-51(45)62)58-56(60-57)38-17-14-20-41(35-38)63-52-31-11-7-25-46(52)47-26-8-12-32-53(47)63/h1-36,54H/q+1. The van der Waals surface area contributed by atoms with Crippen LogP contribution in [0.1, 0.15) is 17.2 Å². The van der Waals surface area contributed by atoms with E-state index in [1.807, 2.05) is 0 Å². The lowest BCUT2D eigenvalue weighted by Crippen LogP contribution is -2.39. The molecule has 13 rings (SSSR count). The van der Waals surface area contributed by atoms with Gasteiger partial charge in [-0.2, -0.15) is 4.57 Å². The Hall–Kier alpha value is -8.48. The van der Waals surface area contributed by atoms with Gasteiger partial charge in [0.15, 0.2) is 29.9 Å². The zero-order valence-corrected chi connectivity index (χ0v) is 34.0. The van der Waals surface area contributed by atoms with Gasteiger partial charge in [0, 0.05) is 61.2 Å². The number of hydrogen-bond donors (Lipinski definition) is 0. The number of nitrogens with zero attached hydrogens (tertiary/aromatic N) is 6. The number of rotatable bonds is 6. The molecule has 0 unspecified atom stereocenters. The molecule has 4 heterocycles. The molecule has 0 saturated carbocycles. The van der Waals surface area contributed by atoms with Gasteiger partial charge < -0.3 is 9.13 Å². The van der Waals surface area contributed by atoms with Crippen LogP contribution in [0.4, 0.5) is 0 Å². The maximum absolute atomic E-state index is 5.31. The normalized spacial score (nSPS) is 12.4. The maximum Gasteiger partial charge on any atom is 0.210 e. The second kappa shape index (κ2) is 14.0. The van der Waals surface area contributed by atoms with Gasteiger partial charge in [0.25, 0.3) is 0 Å². The minimum absolute atomic E-state index is 0.0175. The van der Waals surface area contributed by atoms with Crippen LogP contribution in [-0.2, 0) is 0 Å². The minimum atomic E-state index is 0.0175. The van der Waals surface area contributed by atoms with Gasteiger partial charge >= 0.3 is 0 Å². The first-order chi connectivity index (χ1) is 31.2. The molecule has 8 aromatic carbocycles. The molecule has 1 aliphatic rings. The summed E-state index contributed by atoms with van der Waals surface area (Å²) in [5.74, 6) is 1.81. The SMILES string of the molecule is c1cc(-c2nc(-c3cccc(-n4c5ccccc5c5ccccc54)c3)nc(-c3ccc[n+](C4c5ccccc5-c5ccccc54)c3)n2)cc(-n2c3ccccc3c3ccccc32)c1. The zero-order chi connectivity index (χ0) is 41.4. The molecule has 0 fully saturated rings. The molecule has 0 saturated heterocycles. The summed E-state index contributed by atoms with van der Waals surface area (Å²) in [7, 11) is 0. The molecule has 0 bridgehead atoms.